The molecular formula is C15H18F3N3O3. The number of aromatic nitrogens is 1. The standard InChI is InChI=1S/C15H18F3N3O3/c16-15(17,18)12-3-1-2-11(20-12)8-19-14(24)21-10-6-4-9(5-7-10)13(22)23/h1-3,9-10H,4-8H2,(H,22,23)(H2,19,21,24). The normalized spacial score (nSPS) is 21.1. The molecule has 2 rings (SSSR count). The summed E-state index contributed by atoms with van der Waals surface area (Å²) >= 11 is 0. The van der Waals surface area contributed by atoms with E-state index in [0.717, 1.165) is 6.07 Å². The van der Waals surface area contributed by atoms with Gasteiger partial charge in [0.05, 0.1) is 18.2 Å². The van der Waals surface area contributed by atoms with Crippen LogP contribution in [0.2, 0.25) is 0 Å². The largest absolute Gasteiger partial charge is 0.481 e. The second-order valence-corrected chi connectivity index (χ2v) is 5.73. The Morgan fingerprint density at radius 3 is 2.46 bits per heavy atom. The number of carbonyl (C=O) groups excluding carboxylic acids is 1. The first-order chi connectivity index (χ1) is 11.3. The third-order valence-electron chi connectivity index (χ3n) is 3.94. The highest BCUT2D eigenvalue weighted by molar-refractivity contribution is 5.74. The summed E-state index contributed by atoms with van der Waals surface area (Å²) in [5, 5.41) is 14.1. The van der Waals surface area contributed by atoms with E-state index in [9.17, 15) is 22.8 Å². The Morgan fingerprint density at radius 2 is 1.88 bits per heavy atom. The summed E-state index contributed by atoms with van der Waals surface area (Å²) in [5.41, 5.74) is -0.899. The first-order valence-corrected chi connectivity index (χ1v) is 7.56. The van der Waals surface area contributed by atoms with Gasteiger partial charge >= 0.3 is 18.2 Å². The Balaban J connectivity index is 1.79. The molecule has 1 fully saturated rings. The van der Waals surface area contributed by atoms with E-state index in [1.165, 1.54) is 12.1 Å². The molecule has 132 valence electrons. The molecule has 9 heteroatoms. The van der Waals surface area contributed by atoms with Crippen LogP contribution in [0.5, 0.6) is 0 Å². The summed E-state index contributed by atoms with van der Waals surface area (Å²) in [4.78, 5) is 26.1. The summed E-state index contributed by atoms with van der Waals surface area (Å²) in [6.45, 7) is -0.125. The number of nitrogens with one attached hydrogen (secondary N) is 2. The van der Waals surface area contributed by atoms with Crippen molar-refractivity contribution in [3.63, 3.8) is 0 Å². The van der Waals surface area contributed by atoms with Crippen LogP contribution in [0.3, 0.4) is 0 Å². The SMILES string of the molecule is O=C(NCc1cccc(C(F)(F)F)n1)NC1CCC(C(=O)O)CC1. The molecule has 0 atom stereocenters. The van der Waals surface area contributed by atoms with Crippen molar-refractivity contribution in [2.24, 2.45) is 5.92 Å². The van der Waals surface area contributed by atoms with Gasteiger partial charge in [-0.3, -0.25) is 4.79 Å². The lowest BCUT2D eigenvalue weighted by molar-refractivity contribution is -0.143. The number of hydrogen-bond donors (Lipinski definition) is 3. The molecule has 2 amide bonds. The first kappa shape index (κ1) is 18.0. The monoisotopic (exact) mass is 345 g/mol. The minimum Gasteiger partial charge on any atom is -0.481 e. The maximum absolute atomic E-state index is 12.6. The van der Waals surface area contributed by atoms with Crippen LogP contribution in [0.1, 0.15) is 37.1 Å². The van der Waals surface area contributed by atoms with Crippen molar-refractivity contribution in [2.45, 2.75) is 44.4 Å². The zero-order chi connectivity index (χ0) is 17.7. The lowest BCUT2D eigenvalue weighted by Crippen LogP contribution is -2.44. The topological polar surface area (TPSA) is 91.3 Å². The van der Waals surface area contributed by atoms with Gasteiger partial charge < -0.3 is 15.7 Å². The fourth-order valence-corrected chi connectivity index (χ4v) is 2.63. The lowest BCUT2D eigenvalue weighted by atomic mass is 9.86. The number of carbonyl (C=O) groups is 2. The van der Waals surface area contributed by atoms with E-state index < -0.39 is 23.9 Å². The van der Waals surface area contributed by atoms with Gasteiger partial charge in [0.2, 0.25) is 0 Å². The summed E-state index contributed by atoms with van der Waals surface area (Å²) in [6, 6.07) is 2.86. The van der Waals surface area contributed by atoms with Gasteiger partial charge in [0.15, 0.2) is 0 Å². The number of alkyl halides is 3. The van der Waals surface area contributed by atoms with Crippen molar-refractivity contribution in [1.82, 2.24) is 15.6 Å². The second kappa shape index (κ2) is 7.50. The van der Waals surface area contributed by atoms with Crippen molar-refractivity contribution in [1.29, 1.82) is 0 Å². The fourth-order valence-electron chi connectivity index (χ4n) is 2.63. The van der Waals surface area contributed by atoms with Crippen LogP contribution < -0.4 is 10.6 Å². The molecule has 0 aromatic carbocycles. The van der Waals surface area contributed by atoms with Crippen molar-refractivity contribution in [2.75, 3.05) is 0 Å². The highest BCUT2D eigenvalue weighted by Gasteiger charge is 2.32. The number of hydrogen-bond acceptors (Lipinski definition) is 3. The van der Waals surface area contributed by atoms with Gasteiger partial charge in [0.25, 0.3) is 0 Å². The molecule has 24 heavy (non-hydrogen) atoms. The van der Waals surface area contributed by atoms with Crippen LogP contribution >= 0.6 is 0 Å². The molecule has 0 unspecified atom stereocenters. The van der Waals surface area contributed by atoms with Gasteiger partial charge in [-0.25, -0.2) is 9.78 Å². The highest BCUT2D eigenvalue weighted by Crippen LogP contribution is 2.27. The zero-order valence-corrected chi connectivity index (χ0v) is 12.8. The fraction of sp³-hybridized carbons (Fsp3) is 0.533. The van der Waals surface area contributed by atoms with Crippen LogP contribution in [-0.4, -0.2) is 28.1 Å². The van der Waals surface area contributed by atoms with Crippen LogP contribution in [0, 0.1) is 5.92 Å². The smallest absolute Gasteiger partial charge is 0.433 e. The summed E-state index contributed by atoms with van der Waals surface area (Å²) in [7, 11) is 0. The summed E-state index contributed by atoms with van der Waals surface area (Å²) < 4.78 is 37.7. The molecule has 0 spiro atoms. The minimum atomic E-state index is -4.53. The first-order valence-electron chi connectivity index (χ1n) is 7.56. The minimum absolute atomic E-state index is 0.106. The third kappa shape index (κ3) is 5.10. The Hall–Kier alpha value is -2.32. The highest BCUT2D eigenvalue weighted by atomic mass is 19.4. The number of urea groups is 1. The van der Waals surface area contributed by atoms with Gasteiger partial charge in [-0.2, -0.15) is 13.2 Å². The second-order valence-electron chi connectivity index (χ2n) is 5.73. The average molecular weight is 345 g/mol. The molecule has 0 saturated heterocycles. The molecule has 1 saturated carbocycles. The van der Waals surface area contributed by atoms with Gasteiger partial charge in [0.1, 0.15) is 5.69 Å². The van der Waals surface area contributed by atoms with Gasteiger partial charge in [-0.05, 0) is 37.8 Å². The molecule has 1 aromatic rings. The molecule has 1 aliphatic carbocycles. The van der Waals surface area contributed by atoms with Crippen molar-refractivity contribution in [3.8, 4) is 0 Å². The molecule has 3 N–H and O–H groups in total. The van der Waals surface area contributed by atoms with Crippen LogP contribution in [0.15, 0.2) is 18.2 Å². The molecule has 1 aliphatic rings. The van der Waals surface area contributed by atoms with E-state index in [1.54, 1.807) is 0 Å². The van der Waals surface area contributed by atoms with E-state index in [0.29, 0.717) is 25.7 Å². The van der Waals surface area contributed by atoms with E-state index in [4.69, 9.17) is 5.11 Å². The number of carboxylic acid groups (broad SMARTS) is 1. The molecule has 0 radical (unpaired) electrons. The van der Waals surface area contributed by atoms with Crippen LogP contribution in [0.25, 0.3) is 0 Å². The Kier molecular flexibility index (Phi) is 5.63. The molecule has 1 heterocycles. The number of rotatable bonds is 4. The molecule has 6 nitrogen and oxygen atoms in total. The predicted molar refractivity (Wildman–Crippen MR) is 78.0 cm³/mol. The molecule has 0 bridgehead atoms. The van der Waals surface area contributed by atoms with Gasteiger partial charge in [-0.1, -0.05) is 6.07 Å². The van der Waals surface area contributed by atoms with Crippen LogP contribution in [-0.2, 0) is 17.5 Å². The van der Waals surface area contributed by atoms with Crippen molar-refractivity contribution >= 4 is 12.0 Å². The summed E-state index contributed by atoms with van der Waals surface area (Å²) in [6.07, 6.45) is -2.41. The third-order valence-corrected chi connectivity index (χ3v) is 3.94. The van der Waals surface area contributed by atoms with Gasteiger partial charge in [0, 0.05) is 6.04 Å². The average Bonchev–Trinajstić information content (AvgIpc) is 2.53. The van der Waals surface area contributed by atoms with E-state index >= 15 is 0 Å². The number of carboxylic acids is 1. The van der Waals surface area contributed by atoms with Gasteiger partial charge in [-0.15, -0.1) is 0 Å². The lowest BCUT2D eigenvalue weighted by Gasteiger charge is -2.26. The molecule has 1 aromatic heterocycles. The zero-order valence-electron chi connectivity index (χ0n) is 12.8. The van der Waals surface area contributed by atoms with Crippen LogP contribution in [0.4, 0.5) is 18.0 Å². The molecular weight excluding hydrogens is 327 g/mol. The molecule has 0 aliphatic heterocycles. The quantitative estimate of drug-likeness (QED) is 0.782. The number of nitrogens with zero attached hydrogens (tertiary/aromatic N) is 1. The van der Waals surface area contributed by atoms with Crippen molar-refractivity contribution < 1.29 is 27.9 Å². The predicted octanol–water partition coefficient (Wildman–Crippen LogP) is 2.54. The number of amides is 2. The number of pyridine rings is 1. The maximum Gasteiger partial charge on any atom is 0.433 e. The van der Waals surface area contributed by atoms with E-state index in [-0.39, 0.29) is 24.2 Å². The maximum atomic E-state index is 12.6. The Morgan fingerprint density at radius 1 is 1.21 bits per heavy atom. The van der Waals surface area contributed by atoms with E-state index in [1.807, 2.05) is 0 Å². The Bertz CT molecular complexity index is 599. The van der Waals surface area contributed by atoms with Crippen molar-refractivity contribution in [3.05, 3.63) is 29.6 Å². The number of halogens is 3. The Labute approximate surface area is 136 Å². The van der Waals surface area contributed by atoms with E-state index in [2.05, 4.69) is 15.6 Å². The summed E-state index contributed by atoms with van der Waals surface area (Å²) in [5.74, 6) is -1.20. The number of aliphatic carboxylic acids is 1.